The maximum Gasteiger partial charge on any atom is 0.154 e. The fourth-order valence-corrected chi connectivity index (χ4v) is 4.96. The molecule has 2 unspecified atom stereocenters. The number of nitrogens with one attached hydrogen (secondary N) is 1. The van der Waals surface area contributed by atoms with Gasteiger partial charge >= 0.3 is 0 Å². The monoisotopic (exact) mass is 400 g/mol. The van der Waals surface area contributed by atoms with Crippen molar-refractivity contribution in [1.82, 2.24) is 23.9 Å². The number of aromatic nitrogens is 5. The van der Waals surface area contributed by atoms with E-state index in [9.17, 15) is 0 Å². The van der Waals surface area contributed by atoms with Crippen LogP contribution in [0.25, 0.3) is 38.8 Å². The van der Waals surface area contributed by atoms with E-state index in [0.29, 0.717) is 5.92 Å². The van der Waals surface area contributed by atoms with Crippen LogP contribution >= 0.6 is 0 Å². The Bertz CT molecular complexity index is 1410. The van der Waals surface area contributed by atoms with Crippen molar-refractivity contribution in [3.05, 3.63) is 48.7 Å². The molecule has 4 heterocycles. The molecule has 30 heavy (non-hydrogen) atoms. The molecule has 6 rings (SSSR count). The maximum atomic E-state index is 6.18. The molecule has 0 spiro atoms. The van der Waals surface area contributed by atoms with Crippen molar-refractivity contribution >= 4 is 27.6 Å². The molecular formula is C23H24N6O. The predicted molar refractivity (Wildman–Crippen MR) is 118 cm³/mol. The van der Waals surface area contributed by atoms with E-state index < -0.39 is 0 Å². The molecule has 5 aromatic rings. The van der Waals surface area contributed by atoms with Gasteiger partial charge in [-0.1, -0.05) is 0 Å². The summed E-state index contributed by atoms with van der Waals surface area (Å²) in [5.74, 6) is 2.34. The lowest BCUT2D eigenvalue weighted by Gasteiger charge is -2.09. The average Bonchev–Trinajstić information content (AvgIpc) is 3.51. The number of nitrogens with zero attached hydrogens (tertiary/aromatic N) is 4. The summed E-state index contributed by atoms with van der Waals surface area (Å²) in [7, 11) is 3.76. The lowest BCUT2D eigenvalue weighted by atomic mass is 10.1. The summed E-state index contributed by atoms with van der Waals surface area (Å²) in [5, 5.41) is 1.15. The van der Waals surface area contributed by atoms with Crippen molar-refractivity contribution in [2.24, 2.45) is 12.8 Å². The van der Waals surface area contributed by atoms with Crippen molar-refractivity contribution in [3.63, 3.8) is 0 Å². The van der Waals surface area contributed by atoms with Crippen LogP contribution in [0.4, 0.5) is 0 Å². The fraction of sp³-hybridized carbons (Fsp3) is 0.304. The summed E-state index contributed by atoms with van der Waals surface area (Å²) in [5.41, 5.74) is 12.4. The Morgan fingerprint density at radius 3 is 2.80 bits per heavy atom. The Hall–Kier alpha value is -3.32. The lowest BCUT2D eigenvalue weighted by Crippen LogP contribution is -2.15. The van der Waals surface area contributed by atoms with E-state index in [-0.39, 0.29) is 6.04 Å². The molecule has 7 heteroatoms. The highest BCUT2D eigenvalue weighted by molar-refractivity contribution is 5.98. The number of imidazole rings is 1. The summed E-state index contributed by atoms with van der Waals surface area (Å²) >= 11 is 0. The normalized spacial score (nSPS) is 19.4. The van der Waals surface area contributed by atoms with Gasteiger partial charge in [0.1, 0.15) is 11.6 Å². The summed E-state index contributed by atoms with van der Waals surface area (Å²) in [4.78, 5) is 12.9. The molecule has 0 bridgehead atoms. The molecular weight excluding hydrogens is 376 g/mol. The second-order valence-corrected chi connectivity index (χ2v) is 8.36. The summed E-state index contributed by atoms with van der Waals surface area (Å²) in [6.45, 7) is 0. The molecule has 0 radical (unpaired) electrons. The van der Waals surface area contributed by atoms with Gasteiger partial charge in [0, 0.05) is 41.7 Å². The van der Waals surface area contributed by atoms with Crippen molar-refractivity contribution in [2.45, 2.75) is 31.2 Å². The minimum absolute atomic E-state index is 0.270. The van der Waals surface area contributed by atoms with Gasteiger partial charge in [-0.15, -0.1) is 0 Å². The molecule has 1 fully saturated rings. The second-order valence-electron chi connectivity index (χ2n) is 8.36. The molecule has 0 amide bonds. The van der Waals surface area contributed by atoms with Crippen LogP contribution in [0, 0.1) is 0 Å². The maximum absolute atomic E-state index is 6.18. The molecule has 1 aliphatic rings. The number of hydrogen-bond donors (Lipinski definition) is 2. The topological polar surface area (TPSA) is 86.2 Å². The van der Waals surface area contributed by atoms with Gasteiger partial charge in [-0.05, 0) is 43.5 Å². The summed E-state index contributed by atoms with van der Waals surface area (Å²) in [6.07, 6.45) is 9.09. The Labute approximate surface area is 173 Å². The molecule has 1 aliphatic carbocycles. The van der Waals surface area contributed by atoms with Gasteiger partial charge in [0.25, 0.3) is 0 Å². The minimum Gasteiger partial charge on any atom is -0.497 e. The van der Waals surface area contributed by atoms with Gasteiger partial charge in [0.15, 0.2) is 5.65 Å². The van der Waals surface area contributed by atoms with Crippen molar-refractivity contribution in [2.75, 3.05) is 7.11 Å². The van der Waals surface area contributed by atoms with Crippen LogP contribution in [0.3, 0.4) is 0 Å². The van der Waals surface area contributed by atoms with E-state index in [4.69, 9.17) is 15.5 Å². The number of rotatable bonds is 3. The SMILES string of the molecule is COc1ccc2c(c1)c(-c1cc3c(ncc4cnc(C5CCC(N)C5)n43)[nH]1)cn2C. The van der Waals surface area contributed by atoms with E-state index in [1.165, 1.54) is 0 Å². The number of fused-ring (bicyclic) bond motifs is 4. The first-order valence-corrected chi connectivity index (χ1v) is 10.4. The third-order valence-corrected chi connectivity index (χ3v) is 6.49. The average molecular weight is 400 g/mol. The first-order valence-electron chi connectivity index (χ1n) is 10.4. The number of ether oxygens (including phenoxy) is 1. The van der Waals surface area contributed by atoms with Gasteiger partial charge in [0.2, 0.25) is 0 Å². The summed E-state index contributed by atoms with van der Waals surface area (Å²) in [6, 6.07) is 8.62. The molecule has 2 atom stereocenters. The van der Waals surface area contributed by atoms with Gasteiger partial charge < -0.3 is 20.0 Å². The van der Waals surface area contributed by atoms with Crippen LogP contribution in [0.2, 0.25) is 0 Å². The summed E-state index contributed by atoms with van der Waals surface area (Å²) < 4.78 is 9.84. The predicted octanol–water partition coefficient (Wildman–Crippen LogP) is 3.97. The zero-order valence-electron chi connectivity index (χ0n) is 17.1. The van der Waals surface area contributed by atoms with Crippen LogP contribution in [0.1, 0.15) is 31.0 Å². The van der Waals surface area contributed by atoms with Gasteiger partial charge in [0.05, 0.1) is 36.2 Å². The van der Waals surface area contributed by atoms with E-state index in [0.717, 1.165) is 69.7 Å². The molecule has 1 aromatic carbocycles. The van der Waals surface area contributed by atoms with E-state index in [1.54, 1.807) is 7.11 Å². The molecule has 3 N–H and O–H groups in total. The number of aromatic amines is 1. The molecule has 1 saturated carbocycles. The van der Waals surface area contributed by atoms with Gasteiger partial charge in [-0.25, -0.2) is 9.97 Å². The Balaban J connectivity index is 1.56. The molecule has 0 aliphatic heterocycles. The third kappa shape index (κ3) is 2.48. The van der Waals surface area contributed by atoms with Crippen LogP contribution in [0.5, 0.6) is 5.75 Å². The van der Waals surface area contributed by atoms with Crippen LogP contribution in [-0.4, -0.2) is 37.1 Å². The largest absolute Gasteiger partial charge is 0.497 e. The minimum atomic E-state index is 0.270. The number of nitrogens with two attached hydrogens (primary N) is 1. The van der Waals surface area contributed by atoms with Crippen molar-refractivity contribution < 1.29 is 4.74 Å². The number of methoxy groups -OCH3 is 1. The highest BCUT2D eigenvalue weighted by Gasteiger charge is 2.27. The van der Waals surface area contributed by atoms with Crippen molar-refractivity contribution in [1.29, 1.82) is 0 Å². The third-order valence-electron chi connectivity index (χ3n) is 6.49. The van der Waals surface area contributed by atoms with Crippen LogP contribution < -0.4 is 10.5 Å². The zero-order chi connectivity index (χ0) is 20.4. The second kappa shape index (κ2) is 6.34. The lowest BCUT2D eigenvalue weighted by molar-refractivity contribution is 0.415. The first kappa shape index (κ1) is 17.5. The van der Waals surface area contributed by atoms with E-state index >= 15 is 0 Å². The van der Waals surface area contributed by atoms with Crippen molar-refractivity contribution in [3.8, 4) is 17.0 Å². The molecule has 152 valence electrons. The highest BCUT2D eigenvalue weighted by Crippen LogP contribution is 2.36. The highest BCUT2D eigenvalue weighted by atomic mass is 16.5. The van der Waals surface area contributed by atoms with Gasteiger partial charge in [-0.2, -0.15) is 0 Å². The zero-order valence-corrected chi connectivity index (χ0v) is 17.1. The van der Waals surface area contributed by atoms with E-state index in [2.05, 4.69) is 50.4 Å². The number of benzene rings is 1. The Morgan fingerprint density at radius 1 is 1.13 bits per heavy atom. The Morgan fingerprint density at radius 2 is 2.00 bits per heavy atom. The van der Waals surface area contributed by atoms with Crippen LogP contribution in [0.15, 0.2) is 42.9 Å². The number of aryl methyl sites for hydroxylation is 1. The van der Waals surface area contributed by atoms with Crippen LogP contribution in [-0.2, 0) is 7.05 Å². The molecule has 4 aromatic heterocycles. The molecule has 7 nitrogen and oxygen atoms in total. The smallest absolute Gasteiger partial charge is 0.154 e. The Kier molecular flexibility index (Phi) is 3.70. The standard InChI is InChI=1S/C23H24N6O/c1-28-12-18(17-8-16(30-2)5-6-20(17)28)19-9-21-22(27-19)25-10-15-11-26-23(29(15)21)13-3-4-14(24)7-13/h5-6,8-14,27H,3-4,7,24H2,1-2H3. The van der Waals surface area contributed by atoms with Gasteiger partial charge in [-0.3, -0.25) is 4.40 Å². The molecule has 0 saturated heterocycles. The fourth-order valence-electron chi connectivity index (χ4n) is 4.96. The number of H-pyrrole nitrogens is 1. The first-order chi connectivity index (χ1) is 14.6. The van der Waals surface area contributed by atoms with E-state index in [1.807, 2.05) is 18.5 Å². The number of hydrogen-bond acceptors (Lipinski definition) is 4. The quantitative estimate of drug-likeness (QED) is 0.480.